The van der Waals surface area contributed by atoms with Gasteiger partial charge in [0.15, 0.2) is 5.17 Å². The van der Waals surface area contributed by atoms with Crippen LogP contribution in [0, 0.1) is 0 Å². The molecule has 0 aliphatic carbocycles. The standard InChI is InChI=1S/C27H20Cl2N4O4S/c28-18-6-8-20(9-7-18)31-25(34)14-24-26(35)33(16-22-5-2-12-36-22)27(38-24)32-30-15-21-10-11-23(37-21)17-3-1-4-19(29)13-17/h1-13,15,24H,14,16H2,(H,31,34)/b30-15+,32-27-. The third-order valence-corrected chi connectivity index (χ3v) is 7.13. The van der Waals surface area contributed by atoms with Crippen LogP contribution in [0.5, 0.6) is 0 Å². The Morgan fingerprint density at radius 2 is 1.89 bits per heavy atom. The second-order valence-electron chi connectivity index (χ2n) is 8.21. The van der Waals surface area contributed by atoms with Gasteiger partial charge in [-0.15, -0.1) is 5.10 Å². The third kappa shape index (κ3) is 6.36. The Balaban J connectivity index is 1.30. The molecule has 2 aromatic heterocycles. The SMILES string of the molecule is O=C(CC1S/C(=N\N=C\c2ccc(-c3cccc(Cl)c3)o2)N(Cc2ccco2)C1=O)Nc1ccc(Cl)cc1. The van der Waals surface area contributed by atoms with E-state index in [-0.39, 0.29) is 24.8 Å². The number of carbonyl (C=O) groups excluding carboxylic acids is 2. The van der Waals surface area contributed by atoms with Crippen LogP contribution in [0.3, 0.4) is 0 Å². The molecule has 4 aromatic rings. The zero-order valence-corrected chi connectivity index (χ0v) is 22.0. The highest BCUT2D eigenvalue weighted by atomic mass is 35.5. The summed E-state index contributed by atoms with van der Waals surface area (Å²) in [5, 5.41) is 12.0. The summed E-state index contributed by atoms with van der Waals surface area (Å²) in [4.78, 5) is 27.3. The van der Waals surface area contributed by atoms with Crippen molar-refractivity contribution in [3.05, 3.63) is 101 Å². The van der Waals surface area contributed by atoms with E-state index >= 15 is 0 Å². The molecule has 8 nitrogen and oxygen atoms in total. The molecule has 2 amide bonds. The van der Waals surface area contributed by atoms with Gasteiger partial charge in [-0.2, -0.15) is 5.10 Å². The smallest absolute Gasteiger partial charge is 0.243 e. The van der Waals surface area contributed by atoms with E-state index in [1.807, 2.05) is 18.2 Å². The van der Waals surface area contributed by atoms with Crippen molar-refractivity contribution in [2.75, 3.05) is 5.32 Å². The van der Waals surface area contributed by atoms with Crippen molar-refractivity contribution in [3.63, 3.8) is 0 Å². The lowest BCUT2D eigenvalue weighted by Gasteiger charge is -2.14. The van der Waals surface area contributed by atoms with Gasteiger partial charge in [0, 0.05) is 27.7 Å². The number of benzene rings is 2. The Kier molecular flexibility index (Phi) is 7.97. The first-order chi connectivity index (χ1) is 18.4. The molecule has 1 fully saturated rings. The van der Waals surface area contributed by atoms with Gasteiger partial charge in [-0.1, -0.05) is 47.1 Å². The monoisotopic (exact) mass is 566 g/mol. The molecule has 38 heavy (non-hydrogen) atoms. The Morgan fingerprint density at radius 1 is 1.05 bits per heavy atom. The first-order valence-electron chi connectivity index (χ1n) is 11.5. The van der Waals surface area contributed by atoms with E-state index in [1.165, 1.54) is 29.1 Å². The minimum absolute atomic E-state index is 0.0370. The van der Waals surface area contributed by atoms with Crippen LogP contribution in [0.15, 0.2) is 98.1 Å². The molecule has 192 valence electrons. The highest BCUT2D eigenvalue weighted by molar-refractivity contribution is 8.15. The van der Waals surface area contributed by atoms with Crippen LogP contribution in [-0.2, 0) is 16.1 Å². The van der Waals surface area contributed by atoms with Crippen LogP contribution in [0.4, 0.5) is 5.69 Å². The van der Waals surface area contributed by atoms with E-state index in [1.54, 1.807) is 54.6 Å². The van der Waals surface area contributed by atoms with Gasteiger partial charge in [0.2, 0.25) is 11.8 Å². The van der Waals surface area contributed by atoms with Gasteiger partial charge >= 0.3 is 0 Å². The first-order valence-corrected chi connectivity index (χ1v) is 13.1. The molecular weight excluding hydrogens is 547 g/mol. The molecule has 0 radical (unpaired) electrons. The van der Waals surface area contributed by atoms with Gasteiger partial charge in [-0.3, -0.25) is 14.5 Å². The summed E-state index contributed by atoms with van der Waals surface area (Å²) >= 11 is 13.1. The Bertz CT molecular complexity index is 1500. The third-order valence-electron chi connectivity index (χ3n) is 5.48. The normalized spacial score (nSPS) is 16.6. The van der Waals surface area contributed by atoms with E-state index in [2.05, 4.69) is 15.5 Å². The number of hydrogen-bond donors (Lipinski definition) is 1. The Morgan fingerprint density at radius 3 is 2.66 bits per heavy atom. The second kappa shape index (κ2) is 11.7. The highest BCUT2D eigenvalue weighted by Crippen LogP contribution is 2.32. The van der Waals surface area contributed by atoms with E-state index in [0.29, 0.717) is 38.2 Å². The summed E-state index contributed by atoms with van der Waals surface area (Å²) in [6, 6.07) is 21.1. The average molecular weight is 567 g/mol. The molecule has 5 rings (SSSR count). The molecule has 1 saturated heterocycles. The number of amidine groups is 1. The van der Waals surface area contributed by atoms with Gasteiger partial charge in [0.1, 0.15) is 22.5 Å². The van der Waals surface area contributed by atoms with Gasteiger partial charge in [0.05, 0.1) is 19.0 Å². The summed E-state index contributed by atoms with van der Waals surface area (Å²) < 4.78 is 11.2. The summed E-state index contributed by atoms with van der Waals surface area (Å²) in [5.74, 6) is 1.14. The van der Waals surface area contributed by atoms with Crippen LogP contribution >= 0.6 is 35.0 Å². The molecular formula is C27H20Cl2N4O4S. The maximum atomic E-state index is 13.2. The van der Waals surface area contributed by atoms with Crippen LogP contribution in [0.25, 0.3) is 11.3 Å². The predicted molar refractivity (Wildman–Crippen MR) is 150 cm³/mol. The number of amides is 2. The van der Waals surface area contributed by atoms with Crippen molar-refractivity contribution >= 4 is 63.8 Å². The van der Waals surface area contributed by atoms with Gasteiger partial charge < -0.3 is 14.2 Å². The summed E-state index contributed by atoms with van der Waals surface area (Å²) in [7, 11) is 0. The lowest BCUT2D eigenvalue weighted by Crippen LogP contribution is -2.33. The van der Waals surface area contributed by atoms with Crippen molar-refractivity contribution < 1.29 is 18.4 Å². The van der Waals surface area contributed by atoms with Crippen LogP contribution in [-0.4, -0.2) is 33.3 Å². The Hall–Kier alpha value is -3.79. The fourth-order valence-corrected chi connectivity index (χ4v) is 5.10. The minimum atomic E-state index is -0.663. The number of rotatable bonds is 8. The van der Waals surface area contributed by atoms with E-state index in [0.717, 1.165) is 5.56 Å². The van der Waals surface area contributed by atoms with Gasteiger partial charge in [0.25, 0.3) is 0 Å². The molecule has 3 heterocycles. The van der Waals surface area contributed by atoms with Crippen molar-refractivity contribution in [2.45, 2.75) is 18.2 Å². The van der Waals surface area contributed by atoms with Crippen molar-refractivity contribution in [2.24, 2.45) is 10.2 Å². The molecule has 1 unspecified atom stereocenters. The average Bonchev–Trinajstić information content (AvgIpc) is 3.65. The molecule has 1 atom stereocenters. The fraction of sp³-hybridized carbons (Fsp3) is 0.111. The lowest BCUT2D eigenvalue weighted by molar-refractivity contribution is -0.128. The van der Waals surface area contributed by atoms with Crippen LogP contribution in [0.1, 0.15) is 17.9 Å². The highest BCUT2D eigenvalue weighted by Gasteiger charge is 2.39. The molecule has 1 aliphatic rings. The maximum Gasteiger partial charge on any atom is 0.243 e. The minimum Gasteiger partial charge on any atom is -0.467 e. The van der Waals surface area contributed by atoms with Crippen LogP contribution < -0.4 is 5.32 Å². The van der Waals surface area contributed by atoms with E-state index in [4.69, 9.17) is 32.0 Å². The van der Waals surface area contributed by atoms with Crippen molar-refractivity contribution in [1.29, 1.82) is 0 Å². The fourth-order valence-electron chi connectivity index (χ4n) is 3.69. The molecule has 0 spiro atoms. The predicted octanol–water partition coefficient (Wildman–Crippen LogP) is 6.71. The zero-order chi connectivity index (χ0) is 26.5. The quantitative estimate of drug-likeness (QED) is 0.189. The molecule has 2 aromatic carbocycles. The van der Waals surface area contributed by atoms with Gasteiger partial charge in [-0.05, 0) is 60.7 Å². The Labute approximate surface area is 232 Å². The van der Waals surface area contributed by atoms with E-state index in [9.17, 15) is 9.59 Å². The largest absolute Gasteiger partial charge is 0.467 e. The number of halogens is 2. The lowest BCUT2D eigenvalue weighted by atomic mass is 10.2. The molecule has 1 aliphatic heterocycles. The first kappa shape index (κ1) is 25.8. The number of anilines is 1. The molecule has 1 N–H and O–H groups in total. The number of hydrogen-bond acceptors (Lipinski definition) is 7. The second-order valence-corrected chi connectivity index (χ2v) is 10.3. The molecule has 0 saturated carbocycles. The maximum absolute atomic E-state index is 13.2. The number of nitrogens with zero attached hydrogens (tertiary/aromatic N) is 3. The summed E-state index contributed by atoms with van der Waals surface area (Å²) in [5.41, 5.74) is 1.43. The van der Waals surface area contributed by atoms with Crippen molar-refractivity contribution in [3.8, 4) is 11.3 Å². The number of furan rings is 2. The number of nitrogens with one attached hydrogen (secondary N) is 1. The topological polar surface area (TPSA) is 100 Å². The summed E-state index contributed by atoms with van der Waals surface area (Å²) in [6.45, 7) is 0.169. The number of thioether (sulfide) groups is 1. The van der Waals surface area contributed by atoms with Crippen molar-refractivity contribution in [1.82, 2.24) is 4.90 Å². The number of carbonyl (C=O) groups is 2. The van der Waals surface area contributed by atoms with Crippen LogP contribution in [0.2, 0.25) is 10.0 Å². The van der Waals surface area contributed by atoms with Gasteiger partial charge in [-0.25, -0.2) is 0 Å². The van der Waals surface area contributed by atoms with E-state index < -0.39 is 5.25 Å². The molecule has 11 heteroatoms. The zero-order valence-electron chi connectivity index (χ0n) is 19.7. The molecule has 0 bridgehead atoms. The summed E-state index contributed by atoms with van der Waals surface area (Å²) in [6.07, 6.45) is 2.95.